The Labute approximate surface area is 205 Å². The van der Waals surface area contributed by atoms with Crippen molar-refractivity contribution in [3.63, 3.8) is 0 Å². The quantitative estimate of drug-likeness (QED) is 0.377. The Balaban J connectivity index is 1.24. The molecule has 0 atom stereocenters. The van der Waals surface area contributed by atoms with Gasteiger partial charge in [-0.15, -0.1) is 0 Å². The summed E-state index contributed by atoms with van der Waals surface area (Å²) in [6.45, 7) is 7.52. The third-order valence-electron chi connectivity index (χ3n) is 6.81. The van der Waals surface area contributed by atoms with E-state index < -0.39 is 0 Å². The number of hydrogen-bond acceptors (Lipinski definition) is 4. The van der Waals surface area contributed by atoms with Crippen LogP contribution in [0.3, 0.4) is 0 Å². The third kappa shape index (κ3) is 5.36. The van der Waals surface area contributed by atoms with E-state index >= 15 is 0 Å². The molecule has 0 saturated carbocycles. The molecule has 0 spiro atoms. The second-order valence-electron chi connectivity index (χ2n) is 9.66. The summed E-state index contributed by atoms with van der Waals surface area (Å²) < 4.78 is 5.95. The monoisotopic (exact) mass is 466 g/mol. The third-order valence-corrected chi connectivity index (χ3v) is 6.81. The number of likely N-dealkylation sites (tertiary alicyclic amines) is 1. The van der Waals surface area contributed by atoms with Gasteiger partial charge in [-0.05, 0) is 80.7 Å². The van der Waals surface area contributed by atoms with Gasteiger partial charge in [-0.3, -0.25) is 14.5 Å². The van der Waals surface area contributed by atoms with E-state index in [1.807, 2.05) is 37.3 Å². The number of carbonyl (C=O) groups excluding carboxylic acids is 1. The van der Waals surface area contributed by atoms with Crippen molar-refractivity contribution in [3.8, 4) is 11.3 Å². The SMILES string of the molecule is Cc1ccc2oc(-c3ccc(C(=O)Nc4ccc(CN5CCC(C)CC5)cc4)cc3)cc(=O)c2c1. The number of benzene rings is 3. The Kier molecular flexibility index (Phi) is 6.51. The summed E-state index contributed by atoms with van der Waals surface area (Å²) in [7, 11) is 0. The van der Waals surface area contributed by atoms with E-state index in [1.54, 1.807) is 24.3 Å². The lowest BCUT2D eigenvalue weighted by Gasteiger charge is -2.30. The Bertz CT molecular complexity index is 1400. The number of amides is 1. The fourth-order valence-electron chi connectivity index (χ4n) is 4.57. The molecule has 1 fully saturated rings. The maximum absolute atomic E-state index is 12.8. The van der Waals surface area contributed by atoms with Crippen molar-refractivity contribution in [1.29, 1.82) is 0 Å². The number of piperidine rings is 1. The van der Waals surface area contributed by atoms with Crippen molar-refractivity contribution in [2.45, 2.75) is 33.2 Å². The minimum atomic E-state index is -0.176. The number of carbonyl (C=O) groups is 1. The fourth-order valence-corrected chi connectivity index (χ4v) is 4.57. The zero-order valence-electron chi connectivity index (χ0n) is 20.2. The molecule has 5 nitrogen and oxygen atoms in total. The normalized spacial score (nSPS) is 14.8. The molecule has 3 aromatic carbocycles. The van der Waals surface area contributed by atoms with Gasteiger partial charge < -0.3 is 9.73 Å². The molecule has 0 unspecified atom stereocenters. The summed E-state index contributed by atoms with van der Waals surface area (Å²) in [6, 6.07) is 22.2. The number of aryl methyl sites for hydroxylation is 1. The first-order valence-electron chi connectivity index (χ1n) is 12.2. The van der Waals surface area contributed by atoms with E-state index in [0.29, 0.717) is 22.3 Å². The van der Waals surface area contributed by atoms with Gasteiger partial charge in [0.2, 0.25) is 0 Å². The highest BCUT2D eigenvalue weighted by molar-refractivity contribution is 6.04. The molecular weight excluding hydrogens is 436 g/mol. The summed E-state index contributed by atoms with van der Waals surface area (Å²) in [5.74, 6) is 1.13. The van der Waals surface area contributed by atoms with Crippen LogP contribution in [0.5, 0.6) is 0 Å². The second kappa shape index (κ2) is 9.88. The Morgan fingerprint density at radius 2 is 1.69 bits per heavy atom. The molecular formula is C30H30N2O3. The Morgan fingerprint density at radius 3 is 2.40 bits per heavy atom. The number of anilines is 1. The first kappa shape index (κ1) is 23.1. The Morgan fingerprint density at radius 1 is 0.971 bits per heavy atom. The van der Waals surface area contributed by atoms with Gasteiger partial charge in [0, 0.05) is 29.4 Å². The van der Waals surface area contributed by atoms with E-state index in [2.05, 4.69) is 29.3 Å². The topological polar surface area (TPSA) is 62.6 Å². The van der Waals surface area contributed by atoms with Gasteiger partial charge >= 0.3 is 0 Å². The van der Waals surface area contributed by atoms with Crippen LogP contribution < -0.4 is 10.7 Å². The van der Waals surface area contributed by atoms with Crippen LogP contribution in [0.15, 0.2) is 82.0 Å². The van der Waals surface area contributed by atoms with E-state index in [-0.39, 0.29) is 11.3 Å². The molecule has 35 heavy (non-hydrogen) atoms. The molecule has 178 valence electrons. The van der Waals surface area contributed by atoms with Crippen LogP contribution >= 0.6 is 0 Å². The molecule has 4 aromatic rings. The average Bonchev–Trinajstić information content (AvgIpc) is 2.87. The maximum atomic E-state index is 12.8. The lowest BCUT2D eigenvalue weighted by atomic mass is 9.99. The van der Waals surface area contributed by atoms with E-state index in [4.69, 9.17) is 4.42 Å². The Hall–Kier alpha value is -3.70. The van der Waals surface area contributed by atoms with Gasteiger partial charge in [0.05, 0.1) is 5.39 Å². The van der Waals surface area contributed by atoms with Gasteiger partial charge in [0.1, 0.15) is 11.3 Å². The van der Waals surface area contributed by atoms with Gasteiger partial charge in [0.15, 0.2) is 5.43 Å². The number of fused-ring (bicyclic) bond motifs is 1. The average molecular weight is 467 g/mol. The maximum Gasteiger partial charge on any atom is 0.255 e. The molecule has 0 bridgehead atoms. The van der Waals surface area contributed by atoms with Gasteiger partial charge in [-0.2, -0.15) is 0 Å². The summed E-state index contributed by atoms with van der Waals surface area (Å²) >= 11 is 0. The van der Waals surface area contributed by atoms with Crippen LogP contribution in [0, 0.1) is 12.8 Å². The molecule has 5 heteroatoms. The van der Waals surface area contributed by atoms with Crippen molar-refractivity contribution in [2.75, 3.05) is 18.4 Å². The smallest absolute Gasteiger partial charge is 0.255 e. The molecule has 1 aliphatic rings. The molecule has 1 aliphatic heterocycles. The molecule has 5 rings (SSSR count). The molecule has 2 heterocycles. The van der Waals surface area contributed by atoms with Crippen LogP contribution in [0.2, 0.25) is 0 Å². The van der Waals surface area contributed by atoms with Crippen molar-refractivity contribution >= 4 is 22.6 Å². The van der Waals surface area contributed by atoms with Crippen molar-refractivity contribution in [1.82, 2.24) is 4.90 Å². The largest absolute Gasteiger partial charge is 0.456 e. The van der Waals surface area contributed by atoms with Gasteiger partial charge in [-0.25, -0.2) is 0 Å². The van der Waals surface area contributed by atoms with Gasteiger partial charge in [0.25, 0.3) is 5.91 Å². The molecule has 1 aromatic heterocycles. The number of hydrogen-bond donors (Lipinski definition) is 1. The van der Waals surface area contributed by atoms with E-state index in [9.17, 15) is 9.59 Å². The lowest BCUT2D eigenvalue weighted by Crippen LogP contribution is -2.32. The number of nitrogens with one attached hydrogen (secondary N) is 1. The molecule has 1 amide bonds. The highest BCUT2D eigenvalue weighted by atomic mass is 16.3. The first-order valence-corrected chi connectivity index (χ1v) is 12.2. The standard InChI is InChI=1S/C30H30N2O3/c1-20-13-15-32(16-14-20)19-22-4-10-25(11-5-22)31-30(34)24-8-6-23(7-9-24)29-18-27(33)26-17-21(2)3-12-28(26)35-29/h3-12,17-18,20H,13-16,19H2,1-2H3,(H,31,34). The lowest BCUT2D eigenvalue weighted by molar-refractivity contribution is 0.102. The van der Waals surface area contributed by atoms with Crippen LogP contribution in [0.25, 0.3) is 22.3 Å². The molecule has 0 aliphatic carbocycles. The summed E-state index contributed by atoms with van der Waals surface area (Å²) in [4.78, 5) is 27.8. The predicted molar refractivity (Wildman–Crippen MR) is 141 cm³/mol. The molecule has 1 saturated heterocycles. The van der Waals surface area contributed by atoms with Crippen LogP contribution in [-0.4, -0.2) is 23.9 Å². The minimum absolute atomic E-state index is 0.0786. The van der Waals surface area contributed by atoms with Crippen molar-refractivity contribution in [2.24, 2.45) is 5.92 Å². The van der Waals surface area contributed by atoms with Crippen molar-refractivity contribution in [3.05, 3.63) is 99.7 Å². The second-order valence-corrected chi connectivity index (χ2v) is 9.66. The van der Waals surface area contributed by atoms with Crippen LogP contribution in [-0.2, 0) is 6.54 Å². The van der Waals surface area contributed by atoms with Gasteiger partial charge in [-0.1, -0.05) is 42.8 Å². The summed E-state index contributed by atoms with van der Waals surface area (Å²) in [5, 5.41) is 3.54. The molecule has 1 N–H and O–H groups in total. The number of nitrogens with zero attached hydrogens (tertiary/aromatic N) is 1. The van der Waals surface area contributed by atoms with E-state index in [0.717, 1.165) is 42.4 Å². The highest BCUT2D eigenvalue weighted by Crippen LogP contribution is 2.24. The zero-order chi connectivity index (χ0) is 24.4. The summed E-state index contributed by atoms with van der Waals surface area (Å²) in [6.07, 6.45) is 2.53. The van der Waals surface area contributed by atoms with Crippen LogP contribution in [0.1, 0.15) is 41.3 Å². The molecule has 0 radical (unpaired) electrons. The summed E-state index contributed by atoms with van der Waals surface area (Å²) in [5.41, 5.74) is 4.80. The van der Waals surface area contributed by atoms with Crippen molar-refractivity contribution < 1.29 is 9.21 Å². The zero-order valence-corrected chi connectivity index (χ0v) is 20.2. The first-order chi connectivity index (χ1) is 16.9. The predicted octanol–water partition coefficient (Wildman–Crippen LogP) is 6.25. The van der Waals surface area contributed by atoms with E-state index in [1.165, 1.54) is 24.5 Å². The fraction of sp³-hybridized carbons (Fsp3) is 0.267. The number of rotatable bonds is 5. The highest BCUT2D eigenvalue weighted by Gasteiger charge is 2.16. The van der Waals surface area contributed by atoms with Crippen LogP contribution in [0.4, 0.5) is 5.69 Å². The minimum Gasteiger partial charge on any atom is -0.456 e.